The summed E-state index contributed by atoms with van der Waals surface area (Å²) in [6, 6.07) is 4.14. The lowest BCUT2D eigenvalue weighted by Gasteiger charge is -2.23. The lowest BCUT2D eigenvalue weighted by atomic mass is 9.86. The van der Waals surface area contributed by atoms with Gasteiger partial charge < -0.3 is 9.47 Å². The van der Waals surface area contributed by atoms with Crippen LogP contribution in [0.2, 0.25) is 0 Å². The highest BCUT2D eigenvalue weighted by Crippen LogP contribution is 2.33. The Kier molecular flexibility index (Phi) is 3.97. The second kappa shape index (κ2) is 6.25. The fraction of sp³-hybridized carbons (Fsp3) is 0.526. The number of aromatic nitrogens is 2. The summed E-state index contributed by atoms with van der Waals surface area (Å²) < 4.78 is 13.5. The van der Waals surface area contributed by atoms with E-state index >= 15 is 0 Å². The molecule has 1 aromatic heterocycles. The Balaban J connectivity index is 1.71. The molecule has 1 aromatic carbocycles. The van der Waals surface area contributed by atoms with E-state index < -0.39 is 0 Å². The van der Waals surface area contributed by atoms with E-state index in [4.69, 9.17) is 9.47 Å². The van der Waals surface area contributed by atoms with E-state index in [0.717, 1.165) is 41.7 Å². The lowest BCUT2D eigenvalue weighted by Crippen LogP contribution is -2.18. The molecule has 0 amide bonds. The number of benzene rings is 1. The zero-order valence-electron chi connectivity index (χ0n) is 13.5. The van der Waals surface area contributed by atoms with E-state index in [-0.39, 0.29) is 6.23 Å². The highest BCUT2D eigenvalue weighted by atomic mass is 16.5. The second-order valence-corrected chi connectivity index (χ2v) is 6.39. The minimum absolute atomic E-state index is 0.0397. The molecular formula is C19H22N2O2. The van der Waals surface area contributed by atoms with Crippen molar-refractivity contribution in [2.24, 2.45) is 5.92 Å². The van der Waals surface area contributed by atoms with Crippen molar-refractivity contribution in [3.05, 3.63) is 23.9 Å². The number of hydrogen-bond donors (Lipinski definition) is 0. The summed E-state index contributed by atoms with van der Waals surface area (Å²) in [5.74, 6) is 8.06. The first-order chi connectivity index (χ1) is 11.4. The van der Waals surface area contributed by atoms with E-state index in [1.807, 2.05) is 16.9 Å². The molecular weight excluding hydrogens is 288 g/mol. The summed E-state index contributed by atoms with van der Waals surface area (Å²) in [4.78, 5) is 0. The van der Waals surface area contributed by atoms with Crippen molar-refractivity contribution in [2.45, 2.75) is 44.8 Å². The number of rotatable bonds is 2. The standard InChI is InChI=1S/C19H22N2O2/c1-22-19-15(9-8-14-5-4-6-14)10-11-17-16(19)13-20-21(17)18-7-2-3-12-23-18/h10-11,13-14,18H,2-7,12H2,1H3. The zero-order valence-corrected chi connectivity index (χ0v) is 13.5. The summed E-state index contributed by atoms with van der Waals surface area (Å²) in [6.07, 6.45) is 9.03. The normalized spacial score (nSPS) is 21.5. The van der Waals surface area contributed by atoms with Gasteiger partial charge in [-0.05, 0) is 44.2 Å². The van der Waals surface area contributed by atoms with Crippen LogP contribution in [0.1, 0.15) is 50.3 Å². The number of fused-ring (bicyclic) bond motifs is 1. The Hall–Kier alpha value is -1.99. The average Bonchev–Trinajstić information content (AvgIpc) is 2.98. The van der Waals surface area contributed by atoms with Crippen LogP contribution in [0.4, 0.5) is 0 Å². The Morgan fingerprint density at radius 1 is 1.22 bits per heavy atom. The van der Waals surface area contributed by atoms with Crippen molar-refractivity contribution in [1.29, 1.82) is 0 Å². The highest BCUT2D eigenvalue weighted by Gasteiger charge is 2.20. The molecule has 1 saturated carbocycles. The Bertz CT molecular complexity index is 759. The molecule has 120 valence electrons. The molecule has 23 heavy (non-hydrogen) atoms. The van der Waals surface area contributed by atoms with Crippen molar-refractivity contribution < 1.29 is 9.47 Å². The van der Waals surface area contributed by atoms with Crippen molar-refractivity contribution >= 4 is 10.9 Å². The van der Waals surface area contributed by atoms with Gasteiger partial charge in [-0.1, -0.05) is 18.3 Å². The molecule has 4 heteroatoms. The topological polar surface area (TPSA) is 36.3 Å². The van der Waals surface area contributed by atoms with E-state index in [9.17, 15) is 0 Å². The summed E-state index contributed by atoms with van der Waals surface area (Å²) in [5.41, 5.74) is 2.01. The van der Waals surface area contributed by atoms with Crippen LogP contribution in [0, 0.1) is 17.8 Å². The van der Waals surface area contributed by atoms with Crippen molar-refractivity contribution in [1.82, 2.24) is 9.78 Å². The monoisotopic (exact) mass is 310 g/mol. The summed E-state index contributed by atoms with van der Waals surface area (Å²) in [7, 11) is 1.71. The average molecular weight is 310 g/mol. The molecule has 1 aliphatic heterocycles. The van der Waals surface area contributed by atoms with Crippen molar-refractivity contribution in [3.63, 3.8) is 0 Å². The van der Waals surface area contributed by atoms with E-state index in [2.05, 4.69) is 23.0 Å². The summed E-state index contributed by atoms with van der Waals surface area (Å²) >= 11 is 0. The molecule has 4 rings (SSSR count). The third-order valence-electron chi connectivity index (χ3n) is 4.88. The highest BCUT2D eigenvalue weighted by molar-refractivity contribution is 5.88. The molecule has 2 aromatic rings. The minimum Gasteiger partial charge on any atom is -0.495 e. The van der Waals surface area contributed by atoms with Crippen molar-refractivity contribution in [2.75, 3.05) is 13.7 Å². The van der Waals surface area contributed by atoms with Gasteiger partial charge in [0, 0.05) is 12.5 Å². The molecule has 0 radical (unpaired) electrons. The number of ether oxygens (including phenoxy) is 2. The van der Waals surface area contributed by atoms with Gasteiger partial charge in [0.25, 0.3) is 0 Å². The summed E-state index contributed by atoms with van der Waals surface area (Å²) in [6.45, 7) is 0.814. The number of hydrogen-bond acceptors (Lipinski definition) is 3. The molecule has 2 fully saturated rings. The first-order valence-corrected chi connectivity index (χ1v) is 8.54. The Morgan fingerprint density at radius 2 is 2.13 bits per heavy atom. The quantitative estimate of drug-likeness (QED) is 0.789. The van der Waals surface area contributed by atoms with Gasteiger partial charge in [0.05, 0.1) is 29.8 Å². The van der Waals surface area contributed by atoms with Gasteiger partial charge in [0.1, 0.15) is 5.75 Å². The number of methoxy groups -OCH3 is 1. The van der Waals surface area contributed by atoms with E-state index in [0.29, 0.717) is 5.92 Å². The minimum atomic E-state index is 0.0397. The smallest absolute Gasteiger partial charge is 0.150 e. The maximum absolute atomic E-state index is 5.87. The molecule has 4 nitrogen and oxygen atoms in total. The lowest BCUT2D eigenvalue weighted by molar-refractivity contribution is -0.0366. The first kappa shape index (κ1) is 14.6. The van der Waals surface area contributed by atoms with E-state index in [1.54, 1.807) is 7.11 Å². The fourth-order valence-electron chi connectivity index (χ4n) is 3.29. The van der Waals surface area contributed by atoms with Gasteiger partial charge >= 0.3 is 0 Å². The van der Waals surface area contributed by atoms with Crippen molar-refractivity contribution in [3.8, 4) is 17.6 Å². The van der Waals surface area contributed by atoms with Crippen LogP contribution in [0.15, 0.2) is 18.3 Å². The van der Waals surface area contributed by atoms with Crippen LogP contribution in [0.25, 0.3) is 10.9 Å². The molecule has 1 saturated heterocycles. The van der Waals surface area contributed by atoms with Crippen LogP contribution < -0.4 is 4.74 Å². The Morgan fingerprint density at radius 3 is 2.83 bits per heavy atom. The molecule has 2 heterocycles. The molecule has 1 unspecified atom stereocenters. The molecule has 0 spiro atoms. The maximum atomic E-state index is 5.87. The predicted octanol–water partition coefficient (Wildman–Crippen LogP) is 3.90. The molecule has 1 aliphatic carbocycles. The molecule has 0 N–H and O–H groups in total. The molecule has 0 bridgehead atoms. The largest absolute Gasteiger partial charge is 0.495 e. The van der Waals surface area contributed by atoms with E-state index in [1.165, 1.54) is 25.7 Å². The fourth-order valence-corrected chi connectivity index (χ4v) is 3.29. The zero-order chi connectivity index (χ0) is 15.6. The van der Waals surface area contributed by atoms with Gasteiger partial charge in [0.2, 0.25) is 0 Å². The van der Waals surface area contributed by atoms with Gasteiger partial charge in [0.15, 0.2) is 6.23 Å². The van der Waals surface area contributed by atoms with Crippen LogP contribution in [0.5, 0.6) is 5.75 Å². The van der Waals surface area contributed by atoms with Crippen LogP contribution in [-0.2, 0) is 4.74 Å². The van der Waals surface area contributed by atoms with Gasteiger partial charge in [-0.3, -0.25) is 0 Å². The third kappa shape index (κ3) is 2.70. The van der Waals surface area contributed by atoms with Crippen LogP contribution in [-0.4, -0.2) is 23.5 Å². The SMILES string of the molecule is COc1c(C#CC2CCC2)ccc2c1cnn2C1CCCCO1. The predicted molar refractivity (Wildman–Crippen MR) is 89.3 cm³/mol. The third-order valence-corrected chi connectivity index (χ3v) is 4.88. The summed E-state index contributed by atoms with van der Waals surface area (Å²) in [5, 5.41) is 5.57. The second-order valence-electron chi connectivity index (χ2n) is 6.39. The number of nitrogens with zero attached hydrogens (tertiary/aromatic N) is 2. The molecule has 2 aliphatic rings. The van der Waals surface area contributed by atoms with Gasteiger partial charge in [-0.15, -0.1) is 0 Å². The van der Waals surface area contributed by atoms with Gasteiger partial charge in [-0.2, -0.15) is 5.10 Å². The first-order valence-electron chi connectivity index (χ1n) is 8.54. The molecule has 1 atom stereocenters. The van der Waals surface area contributed by atoms with Gasteiger partial charge in [-0.25, -0.2) is 4.68 Å². The Labute approximate surface area is 136 Å². The van der Waals surface area contributed by atoms with Crippen LogP contribution in [0.3, 0.4) is 0 Å². The maximum Gasteiger partial charge on any atom is 0.150 e. The van der Waals surface area contributed by atoms with Crippen LogP contribution >= 0.6 is 0 Å².